The van der Waals surface area contributed by atoms with Crippen molar-refractivity contribution in [3.8, 4) is 0 Å². The zero-order valence-corrected chi connectivity index (χ0v) is 15.8. The first kappa shape index (κ1) is 19.5. The Bertz CT molecular complexity index is 692. The van der Waals surface area contributed by atoms with Gasteiger partial charge in [0.15, 0.2) is 0 Å². The average molecular weight is 397 g/mol. The fourth-order valence-corrected chi connectivity index (χ4v) is 4.78. The Morgan fingerprint density at radius 2 is 2.00 bits per heavy atom. The van der Waals surface area contributed by atoms with Crippen molar-refractivity contribution >= 4 is 6.03 Å². The minimum Gasteiger partial charge on any atom is -0.381 e. The van der Waals surface area contributed by atoms with E-state index in [1.807, 2.05) is 30.3 Å². The highest BCUT2D eigenvalue weighted by atomic mass is 19.4. The van der Waals surface area contributed by atoms with E-state index in [-0.39, 0.29) is 36.5 Å². The minimum atomic E-state index is -4.25. The standard InChI is InChI=1S/C20H26F3N3O2/c21-20(22,23)13-25-10-16(15-4-2-1-3-5-15)17(11-25)24-18(27)26-8-6-19(12-26)7-9-28-14-19/h1-5,16-17H,6-14H2,(H,24,27)/t16-,17+,19?/m0/s1. The van der Waals surface area contributed by atoms with Crippen molar-refractivity contribution in [2.75, 3.05) is 45.9 Å². The number of ether oxygens (including phenoxy) is 1. The molecular formula is C20H26F3N3O2. The van der Waals surface area contributed by atoms with Crippen LogP contribution in [0.4, 0.5) is 18.0 Å². The van der Waals surface area contributed by atoms with Crippen molar-refractivity contribution < 1.29 is 22.7 Å². The molecule has 3 atom stereocenters. The first-order valence-electron chi connectivity index (χ1n) is 9.81. The number of benzene rings is 1. The molecule has 1 aromatic rings. The number of hydrogen-bond acceptors (Lipinski definition) is 3. The summed E-state index contributed by atoms with van der Waals surface area (Å²) in [5, 5.41) is 3.03. The zero-order chi connectivity index (χ0) is 19.8. The van der Waals surface area contributed by atoms with Gasteiger partial charge in [0.2, 0.25) is 0 Å². The van der Waals surface area contributed by atoms with E-state index in [9.17, 15) is 18.0 Å². The van der Waals surface area contributed by atoms with Crippen LogP contribution in [0.25, 0.3) is 0 Å². The number of carbonyl (C=O) groups is 1. The van der Waals surface area contributed by atoms with Gasteiger partial charge >= 0.3 is 12.2 Å². The van der Waals surface area contributed by atoms with Gasteiger partial charge in [0, 0.05) is 44.1 Å². The van der Waals surface area contributed by atoms with Gasteiger partial charge in [-0.05, 0) is 18.4 Å². The Morgan fingerprint density at radius 1 is 1.21 bits per heavy atom. The first-order chi connectivity index (χ1) is 13.3. The maximum absolute atomic E-state index is 12.9. The number of hydrogen-bond donors (Lipinski definition) is 1. The van der Waals surface area contributed by atoms with E-state index >= 15 is 0 Å². The minimum absolute atomic E-state index is 0.0637. The van der Waals surface area contributed by atoms with Crippen LogP contribution in [0.1, 0.15) is 24.3 Å². The van der Waals surface area contributed by atoms with Crippen LogP contribution in [0.3, 0.4) is 0 Å². The van der Waals surface area contributed by atoms with Crippen LogP contribution >= 0.6 is 0 Å². The normalized spacial score (nSPS) is 31.0. The second-order valence-electron chi connectivity index (χ2n) is 8.36. The molecule has 1 aromatic carbocycles. The lowest BCUT2D eigenvalue weighted by Crippen LogP contribution is -2.47. The van der Waals surface area contributed by atoms with Gasteiger partial charge in [0.05, 0.1) is 19.2 Å². The molecule has 0 aromatic heterocycles. The van der Waals surface area contributed by atoms with Crippen LogP contribution in [0.2, 0.25) is 0 Å². The Kier molecular flexibility index (Phi) is 5.26. The summed E-state index contributed by atoms with van der Waals surface area (Å²) in [5.74, 6) is -0.154. The lowest BCUT2D eigenvalue weighted by Gasteiger charge is -2.26. The van der Waals surface area contributed by atoms with Gasteiger partial charge in [0.25, 0.3) is 0 Å². The molecule has 8 heteroatoms. The molecule has 28 heavy (non-hydrogen) atoms. The van der Waals surface area contributed by atoms with Gasteiger partial charge in [-0.2, -0.15) is 13.2 Å². The predicted molar refractivity (Wildman–Crippen MR) is 98.1 cm³/mol. The zero-order valence-electron chi connectivity index (χ0n) is 15.8. The Balaban J connectivity index is 1.44. The number of carbonyl (C=O) groups excluding carboxylic acids is 1. The molecule has 3 saturated heterocycles. The summed E-state index contributed by atoms with van der Waals surface area (Å²) < 4.78 is 44.2. The third-order valence-corrected chi connectivity index (χ3v) is 6.25. The van der Waals surface area contributed by atoms with Gasteiger partial charge in [-0.25, -0.2) is 4.79 Å². The summed E-state index contributed by atoms with van der Waals surface area (Å²) >= 11 is 0. The number of nitrogens with one attached hydrogen (secondary N) is 1. The van der Waals surface area contributed by atoms with Crippen molar-refractivity contribution in [3.63, 3.8) is 0 Å². The molecule has 0 bridgehead atoms. The van der Waals surface area contributed by atoms with E-state index in [4.69, 9.17) is 4.74 Å². The molecular weight excluding hydrogens is 371 g/mol. The van der Waals surface area contributed by atoms with Crippen molar-refractivity contribution in [1.82, 2.24) is 15.1 Å². The number of alkyl halides is 3. The molecule has 3 aliphatic rings. The summed E-state index contributed by atoms with van der Waals surface area (Å²) in [5.41, 5.74) is 1.02. The van der Waals surface area contributed by atoms with E-state index in [0.29, 0.717) is 19.7 Å². The van der Waals surface area contributed by atoms with Crippen LogP contribution in [-0.2, 0) is 4.74 Å². The van der Waals surface area contributed by atoms with E-state index < -0.39 is 12.7 Å². The summed E-state index contributed by atoms with van der Waals surface area (Å²) in [6.07, 6.45) is -2.36. The fraction of sp³-hybridized carbons (Fsp3) is 0.650. The molecule has 0 aliphatic carbocycles. The topological polar surface area (TPSA) is 44.8 Å². The molecule has 2 amide bonds. The SMILES string of the molecule is O=C(N[C@@H]1CN(CC(F)(F)F)C[C@H]1c1ccccc1)N1CCC2(CCOC2)C1. The number of likely N-dealkylation sites (tertiary alicyclic amines) is 2. The van der Waals surface area contributed by atoms with Crippen molar-refractivity contribution in [3.05, 3.63) is 35.9 Å². The van der Waals surface area contributed by atoms with Crippen LogP contribution in [0, 0.1) is 5.41 Å². The maximum Gasteiger partial charge on any atom is 0.401 e. The summed E-state index contributed by atoms with van der Waals surface area (Å²) in [7, 11) is 0. The van der Waals surface area contributed by atoms with Gasteiger partial charge < -0.3 is 15.0 Å². The molecule has 0 radical (unpaired) electrons. The highest BCUT2D eigenvalue weighted by molar-refractivity contribution is 5.75. The monoisotopic (exact) mass is 397 g/mol. The van der Waals surface area contributed by atoms with E-state index in [1.54, 1.807) is 4.90 Å². The maximum atomic E-state index is 12.9. The van der Waals surface area contributed by atoms with Crippen LogP contribution < -0.4 is 5.32 Å². The molecule has 3 fully saturated rings. The quantitative estimate of drug-likeness (QED) is 0.853. The fourth-order valence-electron chi connectivity index (χ4n) is 4.78. The number of amides is 2. The molecule has 5 nitrogen and oxygen atoms in total. The Labute approximate surface area is 162 Å². The second-order valence-corrected chi connectivity index (χ2v) is 8.36. The lowest BCUT2D eigenvalue weighted by atomic mass is 9.87. The number of halogens is 3. The van der Waals surface area contributed by atoms with Gasteiger partial charge in [-0.1, -0.05) is 30.3 Å². The van der Waals surface area contributed by atoms with Crippen molar-refractivity contribution in [2.45, 2.75) is 31.0 Å². The number of urea groups is 1. The average Bonchev–Trinajstić information content (AvgIpc) is 3.36. The molecule has 1 unspecified atom stereocenters. The molecule has 3 aliphatic heterocycles. The van der Waals surface area contributed by atoms with Crippen molar-refractivity contribution in [2.24, 2.45) is 5.41 Å². The van der Waals surface area contributed by atoms with Crippen LogP contribution in [0.15, 0.2) is 30.3 Å². The van der Waals surface area contributed by atoms with E-state index in [2.05, 4.69) is 5.32 Å². The first-order valence-corrected chi connectivity index (χ1v) is 9.81. The molecule has 0 saturated carbocycles. The largest absolute Gasteiger partial charge is 0.401 e. The highest BCUT2D eigenvalue weighted by Crippen LogP contribution is 2.38. The Morgan fingerprint density at radius 3 is 2.68 bits per heavy atom. The number of nitrogens with zero attached hydrogens (tertiary/aromatic N) is 2. The van der Waals surface area contributed by atoms with E-state index in [0.717, 1.165) is 25.0 Å². The Hall–Kier alpha value is -1.80. The summed E-state index contributed by atoms with van der Waals surface area (Å²) in [6, 6.07) is 8.96. The smallest absolute Gasteiger partial charge is 0.381 e. The second kappa shape index (κ2) is 7.55. The lowest BCUT2D eigenvalue weighted by molar-refractivity contribution is -0.143. The third kappa shape index (κ3) is 4.27. The summed E-state index contributed by atoms with van der Waals surface area (Å²) in [4.78, 5) is 16.0. The molecule has 1 N–H and O–H groups in total. The van der Waals surface area contributed by atoms with Gasteiger partial charge in [0.1, 0.15) is 0 Å². The third-order valence-electron chi connectivity index (χ3n) is 6.25. The van der Waals surface area contributed by atoms with Gasteiger partial charge in [-0.3, -0.25) is 4.90 Å². The predicted octanol–water partition coefficient (Wildman–Crippen LogP) is 2.84. The molecule has 3 heterocycles. The molecule has 1 spiro atoms. The highest BCUT2D eigenvalue weighted by Gasteiger charge is 2.44. The number of rotatable bonds is 3. The molecule has 154 valence electrons. The van der Waals surface area contributed by atoms with E-state index in [1.165, 1.54) is 4.90 Å². The van der Waals surface area contributed by atoms with Crippen LogP contribution in [0.5, 0.6) is 0 Å². The summed E-state index contributed by atoms with van der Waals surface area (Å²) in [6.45, 7) is 2.29. The van der Waals surface area contributed by atoms with Crippen LogP contribution in [-0.4, -0.2) is 74.0 Å². The van der Waals surface area contributed by atoms with Gasteiger partial charge in [-0.15, -0.1) is 0 Å². The van der Waals surface area contributed by atoms with Crippen molar-refractivity contribution in [1.29, 1.82) is 0 Å². The molecule has 4 rings (SSSR count).